The van der Waals surface area contributed by atoms with Crippen molar-refractivity contribution in [2.45, 2.75) is 31.6 Å². The second kappa shape index (κ2) is 9.07. The molecule has 2 aromatic rings. The average Bonchev–Trinajstić information content (AvgIpc) is 2.75. The molecule has 1 fully saturated rings. The molecule has 0 bridgehead atoms. The molecule has 2 amide bonds. The smallest absolute Gasteiger partial charge is 0.248 e. The first-order valence-corrected chi connectivity index (χ1v) is 11.4. The zero-order chi connectivity index (χ0) is 22.8. The Morgan fingerprint density at radius 3 is 2.32 bits per heavy atom. The molecule has 0 aliphatic carbocycles. The fraction of sp³-hybridized carbons (Fsp3) is 0.364. The third-order valence-electron chi connectivity index (χ3n) is 5.68. The van der Waals surface area contributed by atoms with Crippen LogP contribution in [-0.2, 0) is 14.8 Å². The fourth-order valence-electron chi connectivity index (χ4n) is 3.58. The Bertz CT molecular complexity index is 1110. The molecule has 1 aliphatic heterocycles. The summed E-state index contributed by atoms with van der Waals surface area (Å²) in [6.07, 6.45) is 0.793. The number of nitrogens with zero attached hydrogens (tertiary/aromatic N) is 1. The van der Waals surface area contributed by atoms with E-state index in [-0.39, 0.29) is 35.4 Å². The summed E-state index contributed by atoms with van der Waals surface area (Å²) >= 11 is 0. The Kier molecular flexibility index (Phi) is 6.66. The number of anilines is 1. The number of primary amides is 1. The van der Waals surface area contributed by atoms with E-state index in [0.717, 1.165) is 11.1 Å². The maximum atomic E-state index is 13.0. The SMILES string of the molecule is COc1ccc(C(N)=O)cc1NC(=O)C1CCN(S(=O)(=O)c2ccc(C)c(C)c2)CC1. The highest BCUT2D eigenvalue weighted by atomic mass is 32.2. The zero-order valence-electron chi connectivity index (χ0n) is 17.8. The number of carbonyl (C=O) groups is 2. The molecular formula is C22H27N3O5S. The van der Waals surface area contributed by atoms with Crippen LogP contribution >= 0.6 is 0 Å². The molecule has 3 N–H and O–H groups in total. The molecule has 8 nitrogen and oxygen atoms in total. The van der Waals surface area contributed by atoms with Gasteiger partial charge in [-0.15, -0.1) is 0 Å². The number of amides is 2. The lowest BCUT2D eigenvalue weighted by Crippen LogP contribution is -2.41. The first-order valence-electron chi connectivity index (χ1n) is 9.99. The molecule has 9 heteroatoms. The van der Waals surface area contributed by atoms with E-state index < -0.39 is 15.9 Å². The number of piperidine rings is 1. The second-order valence-corrected chi connectivity index (χ2v) is 9.63. The highest BCUT2D eigenvalue weighted by molar-refractivity contribution is 7.89. The Labute approximate surface area is 182 Å². The van der Waals surface area contributed by atoms with E-state index >= 15 is 0 Å². The van der Waals surface area contributed by atoms with Crippen molar-refractivity contribution >= 4 is 27.5 Å². The summed E-state index contributed by atoms with van der Waals surface area (Å²) in [5.41, 5.74) is 7.88. The third kappa shape index (κ3) is 4.88. The van der Waals surface area contributed by atoms with Crippen LogP contribution in [0.4, 0.5) is 5.69 Å². The predicted octanol–water partition coefficient (Wildman–Crippen LogP) is 2.45. The van der Waals surface area contributed by atoms with Gasteiger partial charge in [0, 0.05) is 24.6 Å². The van der Waals surface area contributed by atoms with E-state index in [9.17, 15) is 18.0 Å². The van der Waals surface area contributed by atoms with Gasteiger partial charge in [0.25, 0.3) is 0 Å². The summed E-state index contributed by atoms with van der Waals surface area (Å²) in [5, 5.41) is 2.79. The number of carbonyl (C=O) groups excluding carboxylic acids is 2. The van der Waals surface area contributed by atoms with Crippen molar-refractivity contribution in [3.05, 3.63) is 53.1 Å². The average molecular weight is 446 g/mol. The Morgan fingerprint density at radius 1 is 1.06 bits per heavy atom. The summed E-state index contributed by atoms with van der Waals surface area (Å²) < 4.78 is 32.6. The van der Waals surface area contributed by atoms with E-state index in [1.54, 1.807) is 24.3 Å². The second-order valence-electron chi connectivity index (χ2n) is 7.69. The molecule has 0 atom stereocenters. The zero-order valence-corrected chi connectivity index (χ0v) is 18.7. The van der Waals surface area contributed by atoms with Crippen LogP contribution < -0.4 is 15.8 Å². The van der Waals surface area contributed by atoms with Gasteiger partial charge in [0.05, 0.1) is 17.7 Å². The number of hydrogen-bond acceptors (Lipinski definition) is 5. The van der Waals surface area contributed by atoms with Crippen LogP contribution in [0.2, 0.25) is 0 Å². The van der Waals surface area contributed by atoms with E-state index in [1.165, 1.54) is 23.5 Å². The van der Waals surface area contributed by atoms with Gasteiger partial charge in [0.2, 0.25) is 21.8 Å². The Morgan fingerprint density at radius 2 is 1.74 bits per heavy atom. The molecule has 0 radical (unpaired) electrons. The molecule has 166 valence electrons. The van der Waals surface area contributed by atoms with Gasteiger partial charge in [0.1, 0.15) is 5.75 Å². The monoisotopic (exact) mass is 445 g/mol. The highest BCUT2D eigenvalue weighted by Gasteiger charge is 2.32. The quantitative estimate of drug-likeness (QED) is 0.708. The fourth-order valence-corrected chi connectivity index (χ4v) is 5.13. The Hall–Kier alpha value is -2.91. The topological polar surface area (TPSA) is 119 Å². The van der Waals surface area contributed by atoms with E-state index in [2.05, 4.69) is 5.32 Å². The number of rotatable bonds is 6. The largest absolute Gasteiger partial charge is 0.495 e. The van der Waals surface area contributed by atoms with Gasteiger partial charge < -0.3 is 15.8 Å². The summed E-state index contributed by atoms with van der Waals surface area (Å²) in [5.74, 6) is -0.799. The van der Waals surface area contributed by atoms with Gasteiger partial charge in [-0.05, 0) is 68.1 Å². The maximum absolute atomic E-state index is 13.0. The lowest BCUT2D eigenvalue weighted by molar-refractivity contribution is -0.120. The minimum Gasteiger partial charge on any atom is -0.495 e. The van der Waals surface area contributed by atoms with Crippen LogP contribution in [0.5, 0.6) is 5.75 Å². The molecule has 0 spiro atoms. The lowest BCUT2D eigenvalue weighted by Gasteiger charge is -2.30. The summed E-state index contributed by atoms with van der Waals surface area (Å²) in [7, 11) is -2.14. The summed E-state index contributed by atoms with van der Waals surface area (Å²) in [6, 6.07) is 9.66. The van der Waals surface area contributed by atoms with Gasteiger partial charge in [-0.2, -0.15) is 4.31 Å². The molecule has 1 aliphatic rings. The molecule has 0 saturated carbocycles. The van der Waals surface area contributed by atoms with Crippen molar-refractivity contribution in [1.82, 2.24) is 4.31 Å². The number of nitrogens with one attached hydrogen (secondary N) is 1. The van der Waals surface area contributed by atoms with E-state index in [0.29, 0.717) is 24.3 Å². The number of methoxy groups -OCH3 is 1. The number of benzene rings is 2. The van der Waals surface area contributed by atoms with E-state index in [4.69, 9.17) is 10.5 Å². The summed E-state index contributed by atoms with van der Waals surface area (Å²) in [6.45, 7) is 4.33. The number of nitrogens with two attached hydrogens (primary N) is 1. The van der Waals surface area contributed by atoms with Crippen molar-refractivity contribution in [1.29, 1.82) is 0 Å². The van der Waals surface area contributed by atoms with Gasteiger partial charge in [-0.1, -0.05) is 6.07 Å². The number of hydrogen-bond donors (Lipinski definition) is 2. The van der Waals surface area contributed by atoms with Crippen molar-refractivity contribution in [3.8, 4) is 5.75 Å². The van der Waals surface area contributed by atoms with Crippen LogP contribution in [0.15, 0.2) is 41.3 Å². The van der Waals surface area contributed by atoms with Gasteiger partial charge >= 0.3 is 0 Å². The van der Waals surface area contributed by atoms with Crippen LogP contribution in [0, 0.1) is 19.8 Å². The highest BCUT2D eigenvalue weighted by Crippen LogP contribution is 2.29. The molecule has 0 unspecified atom stereocenters. The van der Waals surface area contributed by atoms with Crippen molar-refractivity contribution < 1.29 is 22.7 Å². The number of aryl methyl sites for hydroxylation is 2. The molecule has 31 heavy (non-hydrogen) atoms. The third-order valence-corrected chi connectivity index (χ3v) is 7.58. The number of sulfonamides is 1. The Balaban J connectivity index is 1.68. The van der Waals surface area contributed by atoms with E-state index in [1.807, 2.05) is 13.8 Å². The van der Waals surface area contributed by atoms with Gasteiger partial charge in [0.15, 0.2) is 0 Å². The van der Waals surface area contributed by atoms with Crippen LogP contribution in [0.1, 0.15) is 34.3 Å². The lowest BCUT2D eigenvalue weighted by atomic mass is 9.97. The molecular weight excluding hydrogens is 418 g/mol. The molecule has 1 saturated heterocycles. The molecule has 2 aromatic carbocycles. The van der Waals surface area contributed by atoms with Crippen molar-refractivity contribution in [2.75, 3.05) is 25.5 Å². The molecule has 0 aromatic heterocycles. The minimum atomic E-state index is -3.60. The molecule has 1 heterocycles. The predicted molar refractivity (Wildman–Crippen MR) is 118 cm³/mol. The van der Waals surface area contributed by atoms with Gasteiger partial charge in [-0.3, -0.25) is 9.59 Å². The van der Waals surface area contributed by atoms with Crippen LogP contribution in [0.25, 0.3) is 0 Å². The number of ether oxygens (including phenoxy) is 1. The first kappa shape index (κ1) is 22.8. The minimum absolute atomic E-state index is 0.247. The normalized spacial score (nSPS) is 15.5. The van der Waals surface area contributed by atoms with Crippen LogP contribution in [0.3, 0.4) is 0 Å². The standard InChI is InChI=1S/C22H27N3O5S/c1-14-4-6-18(12-15(14)2)31(28,29)25-10-8-16(9-11-25)22(27)24-19-13-17(21(23)26)5-7-20(19)30-3/h4-7,12-13,16H,8-11H2,1-3H3,(H2,23,26)(H,24,27). The summed E-state index contributed by atoms with van der Waals surface area (Å²) in [4.78, 5) is 24.5. The first-order chi connectivity index (χ1) is 14.6. The molecule has 3 rings (SSSR count). The van der Waals surface area contributed by atoms with Crippen molar-refractivity contribution in [2.24, 2.45) is 11.7 Å². The van der Waals surface area contributed by atoms with Crippen molar-refractivity contribution in [3.63, 3.8) is 0 Å². The maximum Gasteiger partial charge on any atom is 0.248 e. The van der Waals surface area contributed by atoms with Crippen LogP contribution in [-0.4, -0.2) is 44.7 Å². The van der Waals surface area contributed by atoms with Gasteiger partial charge in [-0.25, -0.2) is 8.42 Å².